The molecule has 1 aliphatic heterocycles. The van der Waals surface area contributed by atoms with Gasteiger partial charge in [0.1, 0.15) is 5.75 Å². The summed E-state index contributed by atoms with van der Waals surface area (Å²) in [5, 5.41) is 10.9. The maximum atomic E-state index is 10.9. The number of benzene rings is 2. The number of hydrogen-bond donors (Lipinski definition) is 1. The van der Waals surface area contributed by atoms with Gasteiger partial charge in [-0.25, -0.2) is 0 Å². The van der Waals surface area contributed by atoms with Gasteiger partial charge in [0.25, 0.3) is 0 Å². The topological polar surface area (TPSA) is 23.5 Å². The fourth-order valence-electron chi connectivity index (χ4n) is 3.88. The van der Waals surface area contributed by atoms with E-state index in [1.807, 2.05) is 0 Å². The summed E-state index contributed by atoms with van der Waals surface area (Å²) >= 11 is 0. The lowest BCUT2D eigenvalue weighted by Crippen LogP contribution is -2.30. The van der Waals surface area contributed by atoms with Crippen LogP contribution >= 0.6 is 0 Å². The van der Waals surface area contributed by atoms with Crippen molar-refractivity contribution >= 4 is 0 Å². The van der Waals surface area contributed by atoms with E-state index in [1.54, 1.807) is 0 Å². The molecule has 0 bridgehead atoms. The Bertz CT molecular complexity index is 758. The molecule has 1 aliphatic rings. The monoisotopic (exact) mass is 351 g/mol. The van der Waals surface area contributed by atoms with E-state index >= 15 is 0 Å². The third-order valence-corrected chi connectivity index (χ3v) is 5.40. The van der Waals surface area contributed by atoms with Crippen molar-refractivity contribution in [1.29, 1.82) is 0 Å². The minimum Gasteiger partial charge on any atom is -0.507 e. The highest BCUT2D eigenvalue weighted by molar-refractivity contribution is 5.50. The molecular formula is C24H33NO. The normalized spacial score (nSPS) is 15.8. The Balaban J connectivity index is 1.93. The second kappa shape index (κ2) is 6.74. The largest absolute Gasteiger partial charge is 0.507 e. The summed E-state index contributed by atoms with van der Waals surface area (Å²) in [5.41, 5.74) is 6.19. The molecule has 0 atom stereocenters. The van der Waals surface area contributed by atoms with Crippen molar-refractivity contribution in [2.75, 3.05) is 6.54 Å². The molecule has 0 radical (unpaired) electrons. The second-order valence-corrected chi connectivity index (χ2v) is 9.77. The van der Waals surface area contributed by atoms with E-state index in [9.17, 15) is 5.11 Å². The first kappa shape index (κ1) is 19.0. The van der Waals surface area contributed by atoms with Crippen LogP contribution in [0.1, 0.15) is 69.4 Å². The van der Waals surface area contributed by atoms with E-state index < -0.39 is 0 Å². The average molecular weight is 352 g/mol. The van der Waals surface area contributed by atoms with Crippen LogP contribution in [0.25, 0.3) is 0 Å². The number of fused-ring (bicyclic) bond motifs is 1. The zero-order chi connectivity index (χ0) is 19.1. The molecule has 1 N–H and O–H groups in total. The second-order valence-electron chi connectivity index (χ2n) is 9.77. The zero-order valence-electron chi connectivity index (χ0n) is 17.2. The Morgan fingerprint density at radius 1 is 0.885 bits per heavy atom. The van der Waals surface area contributed by atoms with Gasteiger partial charge in [-0.3, -0.25) is 4.90 Å². The molecule has 0 saturated carbocycles. The van der Waals surface area contributed by atoms with Gasteiger partial charge in [0.15, 0.2) is 0 Å². The Hall–Kier alpha value is -1.80. The van der Waals surface area contributed by atoms with Gasteiger partial charge >= 0.3 is 0 Å². The molecule has 0 aromatic heterocycles. The molecule has 26 heavy (non-hydrogen) atoms. The summed E-state index contributed by atoms with van der Waals surface area (Å²) in [6.07, 6.45) is 1.12. The highest BCUT2D eigenvalue weighted by atomic mass is 16.3. The van der Waals surface area contributed by atoms with Crippen molar-refractivity contribution in [3.05, 3.63) is 64.2 Å². The highest BCUT2D eigenvalue weighted by Crippen LogP contribution is 2.40. The lowest BCUT2D eigenvalue weighted by Gasteiger charge is -2.31. The van der Waals surface area contributed by atoms with Gasteiger partial charge in [0.05, 0.1) is 0 Å². The van der Waals surface area contributed by atoms with Crippen LogP contribution in [0, 0.1) is 0 Å². The highest BCUT2D eigenvalue weighted by Gasteiger charge is 2.27. The first-order valence-electron chi connectivity index (χ1n) is 9.72. The standard InChI is InChI=1S/C24H33NO/c1-23(2,3)20-13-17(14-21(22(20)26)24(4,5)6)15-25-12-11-18-9-7-8-10-19(18)16-25/h7-10,13-14,26H,11-12,15-16H2,1-6H3. The molecule has 0 fully saturated rings. The van der Waals surface area contributed by atoms with E-state index in [1.165, 1.54) is 16.7 Å². The van der Waals surface area contributed by atoms with Crippen molar-refractivity contribution in [2.24, 2.45) is 0 Å². The van der Waals surface area contributed by atoms with Gasteiger partial charge in [-0.1, -0.05) is 77.9 Å². The molecule has 0 aliphatic carbocycles. The van der Waals surface area contributed by atoms with E-state index in [0.29, 0.717) is 5.75 Å². The first-order valence-corrected chi connectivity index (χ1v) is 9.72. The molecule has 0 saturated heterocycles. The van der Waals surface area contributed by atoms with Crippen molar-refractivity contribution in [3.63, 3.8) is 0 Å². The molecule has 2 aromatic rings. The number of rotatable bonds is 2. The quantitative estimate of drug-likeness (QED) is 0.767. The van der Waals surface area contributed by atoms with Crippen LogP contribution in [-0.2, 0) is 30.3 Å². The summed E-state index contributed by atoms with van der Waals surface area (Å²) in [7, 11) is 0. The molecule has 140 valence electrons. The lowest BCUT2D eigenvalue weighted by atomic mass is 9.78. The van der Waals surface area contributed by atoms with Crippen LogP contribution in [0.5, 0.6) is 5.75 Å². The SMILES string of the molecule is CC(C)(C)c1cc(CN2CCc3ccccc3C2)cc(C(C)(C)C)c1O. The zero-order valence-corrected chi connectivity index (χ0v) is 17.2. The summed E-state index contributed by atoms with van der Waals surface area (Å²) in [4.78, 5) is 2.52. The van der Waals surface area contributed by atoms with E-state index in [0.717, 1.165) is 37.2 Å². The Kier molecular flexibility index (Phi) is 4.92. The van der Waals surface area contributed by atoms with Gasteiger partial charge < -0.3 is 5.11 Å². The van der Waals surface area contributed by atoms with Crippen molar-refractivity contribution < 1.29 is 5.11 Å². The summed E-state index contributed by atoms with van der Waals surface area (Å²) in [5.74, 6) is 0.470. The predicted molar refractivity (Wildman–Crippen MR) is 110 cm³/mol. The summed E-state index contributed by atoms with van der Waals surface area (Å²) in [6, 6.07) is 13.2. The maximum absolute atomic E-state index is 10.9. The molecule has 0 amide bonds. The fraction of sp³-hybridized carbons (Fsp3) is 0.500. The number of aromatic hydroxyl groups is 1. The van der Waals surface area contributed by atoms with Crippen LogP contribution < -0.4 is 0 Å². The molecule has 3 rings (SSSR count). The Labute approximate surface area is 158 Å². The third kappa shape index (κ3) is 3.96. The van der Waals surface area contributed by atoms with Gasteiger partial charge in [-0.15, -0.1) is 0 Å². The van der Waals surface area contributed by atoms with Gasteiger partial charge in [-0.05, 0) is 45.1 Å². The predicted octanol–water partition coefficient (Wildman–Crippen LogP) is 5.55. The van der Waals surface area contributed by atoms with Gasteiger partial charge in [0, 0.05) is 19.6 Å². The van der Waals surface area contributed by atoms with E-state index in [2.05, 4.69) is 82.8 Å². The van der Waals surface area contributed by atoms with Gasteiger partial charge in [-0.2, -0.15) is 0 Å². The Morgan fingerprint density at radius 3 is 1.96 bits per heavy atom. The maximum Gasteiger partial charge on any atom is 0.123 e. The molecule has 2 nitrogen and oxygen atoms in total. The van der Waals surface area contributed by atoms with Crippen molar-refractivity contribution in [2.45, 2.75) is 71.9 Å². The Morgan fingerprint density at radius 2 is 1.42 bits per heavy atom. The summed E-state index contributed by atoms with van der Waals surface area (Å²) in [6.45, 7) is 16.1. The average Bonchev–Trinajstić information content (AvgIpc) is 2.54. The lowest BCUT2D eigenvalue weighted by molar-refractivity contribution is 0.245. The van der Waals surface area contributed by atoms with Crippen LogP contribution in [-0.4, -0.2) is 16.6 Å². The van der Waals surface area contributed by atoms with Crippen LogP contribution in [0.15, 0.2) is 36.4 Å². The summed E-state index contributed by atoms with van der Waals surface area (Å²) < 4.78 is 0. The minimum absolute atomic E-state index is 0.0748. The molecule has 2 aromatic carbocycles. The smallest absolute Gasteiger partial charge is 0.123 e. The molecule has 0 spiro atoms. The van der Waals surface area contributed by atoms with Crippen LogP contribution in [0.4, 0.5) is 0 Å². The van der Waals surface area contributed by atoms with E-state index in [4.69, 9.17) is 0 Å². The molecule has 2 heteroatoms. The third-order valence-electron chi connectivity index (χ3n) is 5.40. The number of phenolic OH excluding ortho intramolecular Hbond substituents is 1. The van der Waals surface area contributed by atoms with Gasteiger partial charge in [0.2, 0.25) is 0 Å². The minimum atomic E-state index is -0.0748. The van der Waals surface area contributed by atoms with Crippen LogP contribution in [0.2, 0.25) is 0 Å². The first-order chi connectivity index (χ1) is 12.1. The molecule has 0 unspecified atom stereocenters. The number of hydrogen-bond acceptors (Lipinski definition) is 2. The van der Waals surface area contributed by atoms with Crippen LogP contribution in [0.3, 0.4) is 0 Å². The molecule has 1 heterocycles. The fourth-order valence-corrected chi connectivity index (χ4v) is 3.88. The molecular weight excluding hydrogens is 318 g/mol. The number of nitrogens with zero attached hydrogens (tertiary/aromatic N) is 1. The van der Waals surface area contributed by atoms with E-state index in [-0.39, 0.29) is 10.8 Å². The van der Waals surface area contributed by atoms with Crippen molar-refractivity contribution in [1.82, 2.24) is 4.90 Å². The van der Waals surface area contributed by atoms with Crippen molar-refractivity contribution in [3.8, 4) is 5.75 Å². The number of phenols is 1.